The summed E-state index contributed by atoms with van der Waals surface area (Å²) in [4.78, 5) is 6.71. The molecule has 0 fully saturated rings. The zero-order valence-corrected chi connectivity index (χ0v) is 12.5. The van der Waals surface area contributed by atoms with E-state index in [1.165, 1.54) is 11.1 Å². The third kappa shape index (κ3) is 3.36. The second kappa shape index (κ2) is 6.53. The third-order valence-electron chi connectivity index (χ3n) is 3.63. The van der Waals surface area contributed by atoms with Crippen molar-refractivity contribution in [3.63, 3.8) is 0 Å². The van der Waals surface area contributed by atoms with E-state index >= 15 is 0 Å². The first-order chi connectivity index (χ1) is 9.61. The molecule has 1 atom stereocenters. The van der Waals surface area contributed by atoms with E-state index in [1.807, 2.05) is 12.3 Å². The van der Waals surface area contributed by atoms with Crippen LogP contribution in [0.25, 0.3) is 0 Å². The van der Waals surface area contributed by atoms with Crippen LogP contribution in [0.3, 0.4) is 0 Å². The number of anilines is 1. The van der Waals surface area contributed by atoms with Crippen LogP contribution in [0, 0.1) is 6.92 Å². The lowest BCUT2D eigenvalue weighted by atomic mass is 10.0. The molecule has 2 N–H and O–H groups in total. The fraction of sp³-hybridized carbons (Fsp3) is 0.353. The Labute approximate surface area is 121 Å². The number of nitrogens with zero attached hydrogens (tertiary/aromatic N) is 2. The highest BCUT2D eigenvalue weighted by atomic mass is 15.2. The Balaban J connectivity index is 2.15. The van der Waals surface area contributed by atoms with Gasteiger partial charge in [-0.25, -0.2) is 4.98 Å². The number of aromatic nitrogens is 1. The van der Waals surface area contributed by atoms with Gasteiger partial charge in [-0.05, 0) is 36.1 Å². The molecule has 1 aromatic heterocycles. The van der Waals surface area contributed by atoms with Crippen molar-refractivity contribution in [1.29, 1.82) is 0 Å². The van der Waals surface area contributed by atoms with Gasteiger partial charge in [-0.15, -0.1) is 0 Å². The second-order valence-electron chi connectivity index (χ2n) is 5.26. The second-order valence-corrected chi connectivity index (χ2v) is 5.26. The molecule has 0 aliphatic carbocycles. The normalized spacial score (nSPS) is 12.2. The summed E-state index contributed by atoms with van der Waals surface area (Å²) in [5.41, 5.74) is 9.73. The minimum atomic E-state index is 0.0796. The van der Waals surface area contributed by atoms with Gasteiger partial charge in [0.25, 0.3) is 0 Å². The molecular formula is C17H23N3. The summed E-state index contributed by atoms with van der Waals surface area (Å²) in [5.74, 6) is 0.985. The lowest BCUT2D eigenvalue weighted by molar-refractivity contribution is 0.689. The molecule has 1 unspecified atom stereocenters. The van der Waals surface area contributed by atoms with Gasteiger partial charge < -0.3 is 10.6 Å². The number of aryl methyl sites for hydroxylation is 1. The number of rotatable bonds is 5. The first-order valence-corrected chi connectivity index (χ1v) is 7.09. The number of hydrogen-bond donors (Lipinski definition) is 1. The Bertz CT molecular complexity index is 551. The van der Waals surface area contributed by atoms with E-state index in [9.17, 15) is 0 Å². The molecule has 0 aliphatic heterocycles. The zero-order valence-electron chi connectivity index (χ0n) is 12.5. The molecule has 3 heteroatoms. The number of nitrogens with two attached hydrogens (primary N) is 1. The van der Waals surface area contributed by atoms with Crippen LogP contribution in [0.15, 0.2) is 42.6 Å². The maximum Gasteiger partial charge on any atom is 0.128 e. The van der Waals surface area contributed by atoms with E-state index in [-0.39, 0.29) is 6.04 Å². The molecule has 0 spiro atoms. The Hall–Kier alpha value is -1.87. The average molecular weight is 269 g/mol. The Morgan fingerprint density at radius 3 is 2.55 bits per heavy atom. The minimum Gasteiger partial charge on any atom is -0.355 e. The van der Waals surface area contributed by atoms with Crippen LogP contribution >= 0.6 is 0 Å². The first kappa shape index (κ1) is 14.5. The molecule has 2 aromatic rings. The van der Waals surface area contributed by atoms with Crippen molar-refractivity contribution in [2.75, 3.05) is 11.9 Å². The minimum absolute atomic E-state index is 0.0796. The molecule has 0 bridgehead atoms. The van der Waals surface area contributed by atoms with Gasteiger partial charge in [-0.2, -0.15) is 0 Å². The molecule has 0 saturated carbocycles. The van der Waals surface area contributed by atoms with Crippen molar-refractivity contribution in [1.82, 2.24) is 4.98 Å². The Morgan fingerprint density at radius 2 is 1.95 bits per heavy atom. The summed E-state index contributed by atoms with van der Waals surface area (Å²) < 4.78 is 0. The molecule has 1 heterocycles. The molecule has 1 aromatic carbocycles. The van der Waals surface area contributed by atoms with Gasteiger partial charge in [0.15, 0.2) is 0 Å². The summed E-state index contributed by atoms with van der Waals surface area (Å²) in [5, 5.41) is 0. The van der Waals surface area contributed by atoms with E-state index < -0.39 is 0 Å². The van der Waals surface area contributed by atoms with Crippen molar-refractivity contribution in [2.24, 2.45) is 5.73 Å². The van der Waals surface area contributed by atoms with Crippen molar-refractivity contribution < 1.29 is 0 Å². The molecule has 0 radical (unpaired) electrons. The molecule has 3 nitrogen and oxygen atoms in total. The Morgan fingerprint density at radius 1 is 1.25 bits per heavy atom. The van der Waals surface area contributed by atoms with Crippen LogP contribution in [0.2, 0.25) is 0 Å². The lowest BCUT2D eigenvalue weighted by Gasteiger charge is -2.20. The molecule has 2 rings (SSSR count). The van der Waals surface area contributed by atoms with Crippen LogP contribution in [0.5, 0.6) is 0 Å². The van der Waals surface area contributed by atoms with Crippen LogP contribution in [0.4, 0.5) is 5.82 Å². The van der Waals surface area contributed by atoms with Crippen LogP contribution in [0.1, 0.15) is 36.1 Å². The van der Waals surface area contributed by atoms with Gasteiger partial charge >= 0.3 is 0 Å². The van der Waals surface area contributed by atoms with E-state index in [1.54, 1.807) is 0 Å². The van der Waals surface area contributed by atoms with Gasteiger partial charge in [0.05, 0.1) is 0 Å². The molecule has 20 heavy (non-hydrogen) atoms. The van der Waals surface area contributed by atoms with Crippen LogP contribution < -0.4 is 10.6 Å². The van der Waals surface area contributed by atoms with Gasteiger partial charge in [0, 0.05) is 25.8 Å². The lowest BCUT2D eigenvalue weighted by Crippen LogP contribution is -2.19. The van der Waals surface area contributed by atoms with Crippen LogP contribution in [-0.2, 0) is 6.54 Å². The van der Waals surface area contributed by atoms with Gasteiger partial charge in [0.2, 0.25) is 0 Å². The number of benzene rings is 1. The van der Waals surface area contributed by atoms with Gasteiger partial charge in [-0.1, -0.05) is 37.3 Å². The summed E-state index contributed by atoms with van der Waals surface area (Å²) in [6.45, 7) is 5.05. The number of pyridine rings is 1. The molecule has 106 valence electrons. The SMILES string of the molecule is CCC(N)c1cnc(N(C)Cc2ccccc2)cc1C. The van der Waals surface area contributed by atoms with Gasteiger partial charge in [0.1, 0.15) is 5.82 Å². The highest BCUT2D eigenvalue weighted by Crippen LogP contribution is 2.21. The highest BCUT2D eigenvalue weighted by Gasteiger charge is 2.10. The standard InChI is InChI=1S/C17H23N3/c1-4-16(18)15-11-19-17(10-13(15)2)20(3)12-14-8-6-5-7-9-14/h5-11,16H,4,12,18H2,1-3H3. The van der Waals surface area contributed by atoms with Crippen molar-refractivity contribution in [2.45, 2.75) is 32.9 Å². The number of hydrogen-bond acceptors (Lipinski definition) is 3. The van der Waals surface area contributed by atoms with E-state index in [2.05, 4.69) is 61.1 Å². The van der Waals surface area contributed by atoms with Crippen LogP contribution in [-0.4, -0.2) is 12.0 Å². The van der Waals surface area contributed by atoms with Gasteiger partial charge in [-0.3, -0.25) is 0 Å². The maximum absolute atomic E-state index is 6.09. The first-order valence-electron chi connectivity index (χ1n) is 7.09. The smallest absolute Gasteiger partial charge is 0.128 e. The topological polar surface area (TPSA) is 42.1 Å². The molecule has 0 saturated heterocycles. The summed E-state index contributed by atoms with van der Waals surface area (Å²) in [7, 11) is 2.06. The third-order valence-corrected chi connectivity index (χ3v) is 3.63. The zero-order chi connectivity index (χ0) is 14.5. The van der Waals surface area contributed by atoms with E-state index in [0.29, 0.717) is 0 Å². The highest BCUT2D eigenvalue weighted by molar-refractivity contribution is 5.44. The summed E-state index contributed by atoms with van der Waals surface area (Å²) in [6, 6.07) is 12.6. The predicted octanol–water partition coefficient (Wildman–Crippen LogP) is 3.44. The fourth-order valence-electron chi connectivity index (χ4n) is 2.31. The van der Waals surface area contributed by atoms with Crippen molar-refractivity contribution in [3.8, 4) is 0 Å². The van der Waals surface area contributed by atoms with E-state index in [4.69, 9.17) is 5.73 Å². The fourth-order valence-corrected chi connectivity index (χ4v) is 2.31. The maximum atomic E-state index is 6.09. The molecule has 0 aliphatic rings. The summed E-state index contributed by atoms with van der Waals surface area (Å²) in [6.07, 6.45) is 2.85. The molecule has 0 amide bonds. The van der Waals surface area contributed by atoms with E-state index in [0.717, 1.165) is 24.3 Å². The van der Waals surface area contributed by atoms with Crippen molar-refractivity contribution >= 4 is 5.82 Å². The predicted molar refractivity (Wildman–Crippen MR) is 84.7 cm³/mol. The Kier molecular flexibility index (Phi) is 4.74. The van der Waals surface area contributed by atoms with Crippen molar-refractivity contribution in [3.05, 3.63) is 59.3 Å². The monoisotopic (exact) mass is 269 g/mol. The quantitative estimate of drug-likeness (QED) is 0.904. The molecular weight excluding hydrogens is 246 g/mol. The average Bonchev–Trinajstić information content (AvgIpc) is 2.47. The largest absolute Gasteiger partial charge is 0.355 e. The summed E-state index contributed by atoms with van der Waals surface area (Å²) >= 11 is 0.